The lowest BCUT2D eigenvalue weighted by Gasteiger charge is -2.16. The highest BCUT2D eigenvalue weighted by Crippen LogP contribution is 1.90. The number of carbonyl (C=O) groups is 1. The summed E-state index contributed by atoms with van der Waals surface area (Å²) in [6, 6.07) is 0. The summed E-state index contributed by atoms with van der Waals surface area (Å²) >= 11 is 0. The summed E-state index contributed by atoms with van der Waals surface area (Å²) in [5.74, 6) is -0.00578. The minimum atomic E-state index is -0.00578. The molecule has 0 atom stereocenters. The van der Waals surface area contributed by atoms with Gasteiger partial charge in [0.25, 0.3) is 0 Å². The molecule has 0 fully saturated rings. The number of amides is 1. The van der Waals surface area contributed by atoms with E-state index >= 15 is 0 Å². The fraction of sp³-hybridized carbons (Fsp3) is 0.667. The highest BCUT2D eigenvalue weighted by atomic mass is 16.2. The molecule has 0 saturated carbocycles. The van der Waals surface area contributed by atoms with Crippen LogP contribution < -0.4 is 0 Å². The Labute approximate surface area is 74.7 Å². The number of hydrogen-bond acceptors (Lipinski definition) is 2. The van der Waals surface area contributed by atoms with Gasteiger partial charge in [0.1, 0.15) is 0 Å². The molecule has 0 rings (SSSR count). The molecule has 3 heteroatoms. The molecular weight excluding hydrogens is 152 g/mol. The molecule has 0 aromatic heterocycles. The number of nitrogens with zero attached hydrogens (tertiary/aromatic N) is 2. The minimum absolute atomic E-state index is 0.00578. The van der Waals surface area contributed by atoms with E-state index in [1.165, 1.54) is 6.08 Å². The van der Waals surface area contributed by atoms with Crippen LogP contribution in [0.2, 0.25) is 0 Å². The quantitative estimate of drug-likeness (QED) is 0.564. The Kier molecular flexibility index (Phi) is 5.37. The molecule has 0 aromatic rings. The maximum atomic E-state index is 11.0. The van der Waals surface area contributed by atoms with Crippen LogP contribution in [0.25, 0.3) is 0 Å². The fourth-order valence-corrected chi connectivity index (χ4v) is 0.890. The van der Waals surface area contributed by atoms with Crippen LogP contribution in [0.5, 0.6) is 0 Å². The first-order valence-corrected chi connectivity index (χ1v) is 4.10. The molecule has 0 aromatic carbocycles. The summed E-state index contributed by atoms with van der Waals surface area (Å²) < 4.78 is 0. The van der Waals surface area contributed by atoms with E-state index in [-0.39, 0.29) is 5.91 Å². The zero-order chi connectivity index (χ0) is 9.56. The van der Waals surface area contributed by atoms with E-state index in [0.29, 0.717) is 0 Å². The number of carbonyl (C=O) groups excluding carboxylic acids is 1. The van der Waals surface area contributed by atoms with Gasteiger partial charge in [0.15, 0.2) is 0 Å². The van der Waals surface area contributed by atoms with Gasteiger partial charge in [-0.25, -0.2) is 0 Å². The molecule has 0 aliphatic carbocycles. The van der Waals surface area contributed by atoms with Gasteiger partial charge >= 0.3 is 0 Å². The predicted molar refractivity (Wildman–Crippen MR) is 51.0 cm³/mol. The summed E-state index contributed by atoms with van der Waals surface area (Å²) in [5, 5.41) is 0. The molecule has 12 heavy (non-hydrogen) atoms. The highest BCUT2D eigenvalue weighted by molar-refractivity contribution is 5.86. The molecule has 0 unspecified atom stereocenters. The van der Waals surface area contributed by atoms with Crippen molar-refractivity contribution in [2.75, 3.05) is 34.2 Å². The van der Waals surface area contributed by atoms with Crippen molar-refractivity contribution < 1.29 is 4.79 Å². The molecule has 0 aliphatic heterocycles. The van der Waals surface area contributed by atoms with Crippen molar-refractivity contribution in [1.29, 1.82) is 0 Å². The Balaban J connectivity index is 3.50. The first kappa shape index (κ1) is 11.2. The maximum absolute atomic E-state index is 11.0. The van der Waals surface area contributed by atoms with Crippen LogP contribution in [-0.4, -0.2) is 49.9 Å². The summed E-state index contributed by atoms with van der Waals surface area (Å²) in [5.41, 5.74) is 0. The third-order valence-corrected chi connectivity index (χ3v) is 1.65. The SMILES string of the molecule is C=CC(=O)N(C)CCCN(C)C. The Morgan fingerprint density at radius 1 is 1.33 bits per heavy atom. The lowest BCUT2D eigenvalue weighted by Crippen LogP contribution is -2.28. The molecule has 0 spiro atoms. The zero-order valence-corrected chi connectivity index (χ0v) is 8.21. The fourth-order valence-electron chi connectivity index (χ4n) is 0.890. The van der Waals surface area contributed by atoms with Crippen LogP contribution in [0.15, 0.2) is 12.7 Å². The number of hydrogen-bond donors (Lipinski definition) is 0. The molecule has 0 bridgehead atoms. The molecule has 1 amide bonds. The van der Waals surface area contributed by atoms with E-state index in [1.807, 2.05) is 14.1 Å². The third kappa shape index (κ3) is 4.91. The highest BCUT2D eigenvalue weighted by Gasteiger charge is 2.02. The average Bonchev–Trinajstić information content (AvgIpc) is 2.02. The maximum Gasteiger partial charge on any atom is 0.245 e. The molecular formula is C9H18N2O. The molecule has 0 saturated heterocycles. The Morgan fingerprint density at radius 3 is 2.33 bits per heavy atom. The molecule has 70 valence electrons. The lowest BCUT2D eigenvalue weighted by atomic mass is 10.3. The molecule has 3 nitrogen and oxygen atoms in total. The van der Waals surface area contributed by atoms with Crippen molar-refractivity contribution in [1.82, 2.24) is 9.80 Å². The van der Waals surface area contributed by atoms with Gasteiger partial charge in [0, 0.05) is 13.6 Å². The summed E-state index contributed by atoms with van der Waals surface area (Å²) in [7, 11) is 5.84. The van der Waals surface area contributed by atoms with Crippen molar-refractivity contribution in [3.8, 4) is 0 Å². The van der Waals surface area contributed by atoms with Gasteiger partial charge in [-0.2, -0.15) is 0 Å². The van der Waals surface area contributed by atoms with E-state index in [9.17, 15) is 4.79 Å². The standard InChI is InChI=1S/C9H18N2O/c1-5-9(12)11(4)8-6-7-10(2)3/h5H,1,6-8H2,2-4H3. The smallest absolute Gasteiger partial charge is 0.245 e. The number of likely N-dealkylation sites (N-methyl/N-ethyl adjacent to an activating group) is 1. The van der Waals surface area contributed by atoms with Crippen molar-refractivity contribution in [3.05, 3.63) is 12.7 Å². The lowest BCUT2D eigenvalue weighted by molar-refractivity contribution is -0.124. The van der Waals surface area contributed by atoms with Crippen LogP contribution in [0.4, 0.5) is 0 Å². The first-order chi connectivity index (χ1) is 5.57. The second-order valence-electron chi connectivity index (χ2n) is 3.12. The molecule has 0 aliphatic rings. The van der Waals surface area contributed by atoms with Crippen molar-refractivity contribution in [2.45, 2.75) is 6.42 Å². The van der Waals surface area contributed by atoms with Gasteiger partial charge in [-0.15, -0.1) is 0 Å². The van der Waals surface area contributed by atoms with Crippen LogP contribution in [0.3, 0.4) is 0 Å². The van der Waals surface area contributed by atoms with E-state index in [2.05, 4.69) is 11.5 Å². The molecule has 0 heterocycles. The summed E-state index contributed by atoms with van der Waals surface area (Å²) in [6.45, 7) is 5.23. The van der Waals surface area contributed by atoms with Gasteiger partial charge in [-0.3, -0.25) is 4.79 Å². The van der Waals surface area contributed by atoms with E-state index in [0.717, 1.165) is 19.5 Å². The summed E-state index contributed by atoms with van der Waals surface area (Å²) in [4.78, 5) is 14.8. The topological polar surface area (TPSA) is 23.6 Å². The second kappa shape index (κ2) is 5.77. The van der Waals surface area contributed by atoms with Gasteiger partial charge in [0.2, 0.25) is 5.91 Å². The van der Waals surface area contributed by atoms with Crippen molar-refractivity contribution in [3.63, 3.8) is 0 Å². The first-order valence-electron chi connectivity index (χ1n) is 4.10. The van der Waals surface area contributed by atoms with Gasteiger partial charge in [0.05, 0.1) is 0 Å². The minimum Gasteiger partial charge on any atom is -0.342 e. The Hall–Kier alpha value is -0.830. The molecule has 0 radical (unpaired) electrons. The van der Waals surface area contributed by atoms with Gasteiger partial charge in [-0.1, -0.05) is 6.58 Å². The van der Waals surface area contributed by atoms with Crippen LogP contribution >= 0.6 is 0 Å². The second-order valence-corrected chi connectivity index (χ2v) is 3.12. The Morgan fingerprint density at radius 2 is 1.92 bits per heavy atom. The van der Waals surface area contributed by atoms with Crippen LogP contribution in [-0.2, 0) is 4.79 Å². The number of rotatable bonds is 5. The predicted octanol–water partition coefficient (Wildman–Crippen LogP) is 0.583. The van der Waals surface area contributed by atoms with E-state index < -0.39 is 0 Å². The monoisotopic (exact) mass is 170 g/mol. The third-order valence-electron chi connectivity index (χ3n) is 1.65. The van der Waals surface area contributed by atoms with E-state index in [1.54, 1.807) is 11.9 Å². The van der Waals surface area contributed by atoms with Crippen LogP contribution in [0.1, 0.15) is 6.42 Å². The average molecular weight is 170 g/mol. The van der Waals surface area contributed by atoms with E-state index in [4.69, 9.17) is 0 Å². The largest absolute Gasteiger partial charge is 0.342 e. The van der Waals surface area contributed by atoms with Gasteiger partial charge in [-0.05, 0) is 33.1 Å². The van der Waals surface area contributed by atoms with Crippen LogP contribution in [0, 0.1) is 0 Å². The zero-order valence-electron chi connectivity index (χ0n) is 8.21. The molecule has 0 N–H and O–H groups in total. The van der Waals surface area contributed by atoms with Crippen molar-refractivity contribution >= 4 is 5.91 Å². The Bertz CT molecular complexity index is 155. The van der Waals surface area contributed by atoms with Gasteiger partial charge < -0.3 is 9.80 Å². The summed E-state index contributed by atoms with van der Waals surface area (Å²) in [6.07, 6.45) is 2.35. The van der Waals surface area contributed by atoms with Crippen molar-refractivity contribution in [2.24, 2.45) is 0 Å². The normalized spacial score (nSPS) is 10.0.